The molecule has 90 valence electrons. The molecule has 2 nitrogen and oxygen atoms in total. The number of halogens is 1. The SMILES string of the molecule is CCO[SiH](OCC)C(C)c1ccc(Br)cc1. The summed E-state index contributed by atoms with van der Waals surface area (Å²) < 4.78 is 12.6. The van der Waals surface area contributed by atoms with Crippen molar-refractivity contribution in [1.29, 1.82) is 0 Å². The van der Waals surface area contributed by atoms with Crippen molar-refractivity contribution < 1.29 is 8.85 Å². The van der Waals surface area contributed by atoms with Crippen LogP contribution in [0.15, 0.2) is 28.7 Å². The summed E-state index contributed by atoms with van der Waals surface area (Å²) in [6, 6.07) is 8.39. The Kier molecular flexibility index (Phi) is 6.27. The topological polar surface area (TPSA) is 18.5 Å². The Morgan fingerprint density at radius 2 is 1.62 bits per heavy atom. The minimum absolute atomic E-state index is 0.382. The summed E-state index contributed by atoms with van der Waals surface area (Å²) in [5.41, 5.74) is 1.68. The quantitative estimate of drug-likeness (QED) is 0.750. The van der Waals surface area contributed by atoms with E-state index in [1.165, 1.54) is 5.56 Å². The van der Waals surface area contributed by atoms with Crippen molar-refractivity contribution in [1.82, 2.24) is 0 Å². The van der Waals surface area contributed by atoms with E-state index >= 15 is 0 Å². The first-order chi connectivity index (χ1) is 7.69. The highest BCUT2D eigenvalue weighted by Crippen LogP contribution is 2.21. The predicted molar refractivity (Wildman–Crippen MR) is 73.0 cm³/mol. The second-order valence-corrected chi connectivity index (χ2v) is 6.94. The van der Waals surface area contributed by atoms with Crippen molar-refractivity contribution in [3.05, 3.63) is 34.3 Å². The molecule has 0 aliphatic rings. The molecular formula is C12H19BrO2Si. The summed E-state index contributed by atoms with van der Waals surface area (Å²) in [4.78, 5) is 0. The Labute approximate surface area is 108 Å². The van der Waals surface area contributed by atoms with Crippen molar-refractivity contribution in [3.63, 3.8) is 0 Å². The fourth-order valence-corrected chi connectivity index (χ4v) is 3.72. The van der Waals surface area contributed by atoms with Gasteiger partial charge in [0.1, 0.15) is 0 Å². The maximum Gasteiger partial charge on any atom is 0.328 e. The monoisotopic (exact) mass is 302 g/mol. The maximum atomic E-state index is 5.73. The third-order valence-electron chi connectivity index (χ3n) is 2.47. The molecule has 0 aliphatic heterocycles. The lowest BCUT2D eigenvalue weighted by Crippen LogP contribution is -2.29. The lowest BCUT2D eigenvalue weighted by atomic mass is 10.2. The van der Waals surface area contributed by atoms with E-state index < -0.39 is 9.28 Å². The standard InChI is InChI=1S/C12H19BrO2Si/c1-4-14-16(15-5-2)10(3)11-6-8-12(13)9-7-11/h6-10,16H,4-5H2,1-3H3. The number of hydrogen-bond acceptors (Lipinski definition) is 2. The second kappa shape index (κ2) is 7.22. The molecule has 1 rings (SSSR count). The number of benzene rings is 1. The average molecular weight is 303 g/mol. The van der Waals surface area contributed by atoms with Gasteiger partial charge < -0.3 is 8.85 Å². The van der Waals surface area contributed by atoms with Crippen LogP contribution in [0.3, 0.4) is 0 Å². The van der Waals surface area contributed by atoms with Crippen LogP contribution in [0.5, 0.6) is 0 Å². The zero-order valence-electron chi connectivity index (χ0n) is 10.1. The molecule has 16 heavy (non-hydrogen) atoms. The van der Waals surface area contributed by atoms with Crippen LogP contribution in [0.25, 0.3) is 0 Å². The predicted octanol–water partition coefficient (Wildman–Crippen LogP) is 3.39. The zero-order valence-corrected chi connectivity index (χ0v) is 12.8. The molecule has 0 aliphatic carbocycles. The molecule has 0 N–H and O–H groups in total. The summed E-state index contributed by atoms with van der Waals surface area (Å²) in [5, 5.41) is 0. The van der Waals surface area contributed by atoms with Crippen molar-refractivity contribution in [2.75, 3.05) is 13.2 Å². The highest BCUT2D eigenvalue weighted by molar-refractivity contribution is 9.10. The van der Waals surface area contributed by atoms with E-state index in [4.69, 9.17) is 8.85 Å². The van der Waals surface area contributed by atoms with Crippen LogP contribution in [0.1, 0.15) is 31.9 Å². The molecule has 0 bridgehead atoms. The van der Waals surface area contributed by atoms with Gasteiger partial charge in [-0.1, -0.05) is 35.0 Å². The Balaban J connectivity index is 2.72. The zero-order chi connectivity index (χ0) is 12.0. The summed E-state index contributed by atoms with van der Waals surface area (Å²) >= 11 is 3.44. The van der Waals surface area contributed by atoms with Crippen LogP contribution in [0.2, 0.25) is 0 Å². The summed E-state index contributed by atoms with van der Waals surface area (Å²) in [6.07, 6.45) is 0. The molecule has 1 unspecified atom stereocenters. The Morgan fingerprint density at radius 1 is 1.12 bits per heavy atom. The van der Waals surface area contributed by atoms with Gasteiger partial charge in [-0.15, -0.1) is 0 Å². The van der Waals surface area contributed by atoms with Gasteiger partial charge in [0.15, 0.2) is 0 Å². The van der Waals surface area contributed by atoms with E-state index in [0.29, 0.717) is 5.54 Å². The van der Waals surface area contributed by atoms with Crippen molar-refractivity contribution >= 4 is 25.2 Å². The summed E-state index contributed by atoms with van der Waals surface area (Å²) in [7, 11) is -1.59. The van der Waals surface area contributed by atoms with Crippen LogP contribution in [-0.2, 0) is 8.85 Å². The molecule has 0 radical (unpaired) electrons. The molecule has 0 amide bonds. The molecule has 1 atom stereocenters. The molecule has 0 saturated carbocycles. The Bertz CT molecular complexity index is 296. The summed E-state index contributed by atoms with van der Waals surface area (Å²) in [6.45, 7) is 7.70. The first-order valence-corrected chi connectivity index (χ1v) is 8.08. The van der Waals surface area contributed by atoms with Gasteiger partial charge in [0.05, 0.1) is 0 Å². The molecule has 1 aromatic carbocycles. The van der Waals surface area contributed by atoms with Gasteiger partial charge in [-0.2, -0.15) is 0 Å². The number of rotatable bonds is 6. The smallest absolute Gasteiger partial charge is 0.328 e. The highest BCUT2D eigenvalue weighted by atomic mass is 79.9. The molecule has 0 fully saturated rings. The molecule has 1 aromatic rings. The fourth-order valence-electron chi connectivity index (χ4n) is 1.59. The van der Waals surface area contributed by atoms with Gasteiger partial charge >= 0.3 is 9.28 Å². The van der Waals surface area contributed by atoms with Crippen molar-refractivity contribution in [2.45, 2.75) is 26.3 Å². The molecule has 4 heteroatoms. The van der Waals surface area contributed by atoms with Crippen molar-refractivity contribution in [3.8, 4) is 0 Å². The van der Waals surface area contributed by atoms with E-state index in [1.807, 2.05) is 13.8 Å². The lowest BCUT2D eigenvalue weighted by Gasteiger charge is -2.21. The van der Waals surface area contributed by atoms with E-state index in [9.17, 15) is 0 Å². The van der Waals surface area contributed by atoms with E-state index in [1.54, 1.807) is 0 Å². The first kappa shape index (κ1) is 13.9. The number of hydrogen-bond donors (Lipinski definition) is 0. The highest BCUT2D eigenvalue weighted by Gasteiger charge is 2.22. The molecule has 0 heterocycles. The van der Waals surface area contributed by atoms with Gasteiger partial charge in [-0.3, -0.25) is 0 Å². The third-order valence-corrected chi connectivity index (χ3v) is 5.52. The van der Waals surface area contributed by atoms with Gasteiger partial charge in [-0.25, -0.2) is 0 Å². The molecule has 0 aromatic heterocycles. The molecular weight excluding hydrogens is 284 g/mol. The van der Waals surface area contributed by atoms with Gasteiger partial charge in [0.25, 0.3) is 0 Å². The van der Waals surface area contributed by atoms with Crippen LogP contribution in [-0.4, -0.2) is 22.5 Å². The van der Waals surface area contributed by atoms with Crippen LogP contribution in [0, 0.1) is 0 Å². The summed E-state index contributed by atoms with van der Waals surface area (Å²) in [5.74, 6) is 0. The normalized spacial score (nSPS) is 13.1. The van der Waals surface area contributed by atoms with E-state index in [-0.39, 0.29) is 0 Å². The minimum atomic E-state index is -1.59. The fraction of sp³-hybridized carbons (Fsp3) is 0.500. The molecule has 0 saturated heterocycles. The second-order valence-electron chi connectivity index (χ2n) is 3.62. The van der Waals surface area contributed by atoms with Crippen LogP contribution < -0.4 is 0 Å². The van der Waals surface area contributed by atoms with E-state index in [2.05, 4.69) is 47.1 Å². The Hall–Kier alpha value is -0.163. The average Bonchev–Trinajstić information content (AvgIpc) is 2.29. The van der Waals surface area contributed by atoms with Gasteiger partial charge in [-0.05, 0) is 31.5 Å². The van der Waals surface area contributed by atoms with Gasteiger partial charge in [0, 0.05) is 23.2 Å². The lowest BCUT2D eigenvalue weighted by molar-refractivity contribution is 0.206. The van der Waals surface area contributed by atoms with Gasteiger partial charge in [0.2, 0.25) is 0 Å². The van der Waals surface area contributed by atoms with Crippen LogP contribution in [0.4, 0.5) is 0 Å². The Morgan fingerprint density at radius 3 is 2.06 bits per heavy atom. The third kappa shape index (κ3) is 4.01. The van der Waals surface area contributed by atoms with E-state index in [0.717, 1.165) is 17.7 Å². The van der Waals surface area contributed by atoms with Crippen molar-refractivity contribution in [2.24, 2.45) is 0 Å². The van der Waals surface area contributed by atoms with Crippen LogP contribution >= 0.6 is 15.9 Å². The molecule has 0 spiro atoms. The minimum Gasteiger partial charge on any atom is -0.396 e. The largest absolute Gasteiger partial charge is 0.396 e. The maximum absolute atomic E-state index is 5.73. The first-order valence-electron chi connectivity index (χ1n) is 5.67.